The fraction of sp³-hybridized carbons (Fsp3) is 0.357. The van der Waals surface area contributed by atoms with Gasteiger partial charge in [0.15, 0.2) is 0 Å². The number of carbonyl (C=O) groups is 2. The van der Waals surface area contributed by atoms with Crippen molar-refractivity contribution in [3.05, 3.63) is 35.4 Å². The molecule has 1 atom stereocenters. The fourth-order valence-corrected chi connectivity index (χ4v) is 1.68. The van der Waals surface area contributed by atoms with Gasteiger partial charge in [0.2, 0.25) is 0 Å². The Hall–Kier alpha value is -2.35. The second kappa shape index (κ2) is 7.17. The van der Waals surface area contributed by atoms with Crippen LogP contribution in [-0.2, 0) is 4.79 Å². The predicted octanol–water partition coefficient (Wildman–Crippen LogP) is 1.79. The first-order chi connectivity index (χ1) is 9.08. The molecule has 0 aliphatic heterocycles. The Morgan fingerprint density at radius 1 is 1.37 bits per heavy atom. The molecule has 1 unspecified atom stereocenters. The lowest BCUT2D eigenvalue weighted by Crippen LogP contribution is -2.32. The zero-order valence-corrected chi connectivity index (χ0v) is 10.7. The Labute approximate surface area is 111 Å². The van der Waals surface area contributed by atoms with Gasteiger partial charge in [-0.1, -0.05) is 13.3 Å². The number of hydrogen-bond acceptors (Lipinski definition) is 3. The summed E-state index contributed by atoms with van der Waals surface area (Å²) in [4.78, 5) is 22.7. The molecular formula is C14H16N2O3. The number of hydrogen-bond donors (Lipinski definition) is 2. The van der Waals surface area contributed by atoms with Crippen LogP contribution in [0.2, 0.25) is 0 Å². The lowest BCUT2D eigenvalue weighted by molar-refractivity contribution is -0.141. The number of nitrogens with zero attached hydrogens (tertiary/aromatic N) is 1. The van der Waals surface area contributed by atoms with Gasteiger partial charge in [0.25, 0.3) is 5.91 Å². The second-order valence-corrected chi connectivity index (χ2v) is 4.22. The second-order valence-electron chi connectivity index (χ2n) is 4.22. The van der Waals surface area contributed by atoms with Crippen LogP contribution >= 0.6 is 0 Å². The van der Waals surface area contributed by atoms with Crippen molar-refractivity contribution in [1.82, 2.24) is 5.32 Å². The number of aliphatic carboxylic acids is 1. The molecule has 0 spiro atoms. The summed E-state index contributed by atoms with van der Waals surface area (Å²) in [6.45, 7) is 2.01. The van der Waals surface area contributed by atoms with Crippen molar-refractivity contribution >= 4 is 11.9 Å². The van der Waals surface area contributed by atoms with E-state index in [-0.39, 0.29) is 12.5 Å². The van der Waals surface area contributed by atoms with Crippen molar-refractivity contribution in [3.63, 3.8) is 0 Å². The molecule has 0 bridgehead atoms. The average Bonchev–Trinajstić information content (AvgIpc) is 2.42. The van der Waals surface area contributed by atoms with Gasteiger partial charge in [0, 0.05) is 12.1 Å². The molecule has 5 heteroatoms. The molecule has 0 aliphatic rings. The Morgan fingerprint density at radius 3 is 2.47 bits per heavy atom. The summed E-state index contributed by atoms with van der Waals surface area (Å²) in [7, 11) is 0. The van der Waals surface area contributed by atoms with Gasteiger partial charge in [-0.15, -0.1) is 0 Å². The van der Waals surface area contributed by atoms with E-state index in [0.29, 0.717) is 17.5 Å². The van der Waals surface area contributed by atoms with E-state index in [1.807, 2.05) is 13.0 Å². The molecule has 0 heterocycles. The van der Waals surface area contributed by atoms with Crippen molar-refractivity contribution in [3.8, 4) is 6.07 Å². The summed E-state index contributed by atoms with van der Waals surface area (Å²) in [5.41, 5.74) is 0.894. The minimum absolute atomic E-state index is 0.113. The highest BCUT2D eigenvalue weighted by Crippen LogP contribution is 2.07. The van der Waals surface area contributed by atoms with Crippen molar-refractivity contribution in [2.45, 2.75) is 19.8 Å². The molecule has 0 saturated carbocycles. The van der Waals surface area contributed by atoms with Gasteiger partial charge in [-0.05, 0) is 30.7 Å². The summed E-state index contributed by atoms with van der Waals surface area (Å²) < 4.78 is 0. The van der Waals surface area contributed by atoms with E-state index in [4.69, 9.17) is 10.4 Å². The highest BCUT2D eigenvalue weighted by molar-refractivity contribution is 5.94. The normalized spacial score (nSPS) is 11.4. The lowest BCUT2D eigenvalue weighted by atomic mass is 10.0. The molecule has 100 valence electrons. The molecule has 0 radical (unpaired) electrons. The molecule has 2 N–H and O–H groups in total. The molecule has 0 aliphatic carbocycles. The maximum absolute atomic E-state index is 11.8. The third-order valence-corrected chi connectivity index (χ3v) is 2.77. The molecule has 1 aromatic rings. The number of carboxylic acids is 1. The number of carboxylic acid groups (broad SMARTS) is 1. The molecule has 0 aromatic heterocycles. The standard InChI is InChI=1S/C14H16N2O3/c1-2-3-12(14(18)19)9-16-13(17)11-6-4-10(8-15)5-7-11/h4-7,12H,2-3,9H2,1H3,(H,16,17)(H,18,19). The van der Waals surface area contributed by atoms with Gasteiger partial charge in [0.1, 0.15) is 0 Å². The third kappa shape index (κ3) is 4.43. The zero-order chi connectivity index (χ0) is 14.3. The van der Waals surface area contributed by atoms with Crippen LogP contribution in [0.1, 0.15) is 35.7 Å². The van der Waals surface area contributed by atoms with E-state index in [2.05, 4.69) is 5.32 Å². The van der Waals surface area contributed by atoms with E-state index in [1.165, 1.54) is 0 Å². The van der Waals surface area contributed by atoms with E-state index < -0.39 is 11.9 Å². The Kier molecular flexibility index (Phi) is 5.55. The van der Waals surface area contributed by atoms with E-state index in [9.17, 15) is 9.59 Å². The van der Waals surface area contributed by atoms with Crippen LogP contribution in [0.15, 0.2) is 24.3 Å². The Balaban J connectivity index is 2.59. The van der Waals surface area contributed by atoms with Gasteiger partial charge < -0.3 is 10.4 Å². The summed E-state index contributed by atoms with van der Waals surface area (Å²) in [6.07, 6.45) is 1.28. The predicted molar refractivity (Wildman–Crippen MR) is 69.5 cm³/mol. The largest absolute Gasteiger partial charge is 0.481 e. The molecule has 1 rings (SSSR count). The lowest BCUT2D eigenvalue weighted by Gasteiger charge is -2.12. The minimum Gasteiger partial charge on any atom is -0.481 e. The van der Waals surface area contributed by atoms with Crippen LogP contribution in [0.4, 0.5) is 0 Å². The number of benzene rings is 1. The van der Waals surface area contributed by atoms with Gasteiger partial charge in [-0.3, -0.25) is 9.59 Å². The monoisotopic (exact) mass is 260 g/mol. The SMILES string of the molecule is CCCC(CNC(=O)c1ccc(C#N)cc1)C(=O)O. The Bertz CT molecular complexity index is 488. The van der Waals surface area contributed by atoms with Gasteiger partial charge >= 0.3 is 5.97 Å². The van der Waals surface area contributed by atoms with Crippen molar-refractivity contribution in [2.24, 2.45) is 5.92 Å². The van der Waals surface area contributed by atoms with Crippen molar-refractivity contribution < 1.29 is 14.7 Å². The molecule has 0 saturated heterocycles. The maximum atomic E-state index is 11.8. The highest BCUT2D eigenvalue weighted by atomic mass is 16.4. The third-order valence-electron chi connectivity index (χ3n) is 2.77. The van der Waals surface area contributed by atoms with Crippen LogP contribution in [0.3, 0.4) is 0 Å². The number of nitriles is 1. The van der Waals surface area contributed by atoms with E-state index >= 15 is 0 Å². The molecule has 1 amide bonds. The topological polar surface area (TPSA) is 90.2 Å². The molecule has 0 fully saturated rings. The summed E-state index contributed by atoms with van der Waals surface area (Å²) in [5.74, 6) is -1.79. The number of amides is 1. The fourth-order valence-electron chi connectivity index (χ4n) is 1.68. The van der Waals surface area contributed by atoms with Gasteiger partial charge in [0.05, 0.1) is 17.6 Å². The Morgan fingerprint density at radius 2 is 2.00 bits per heavy atom. The van der Waals surface area contributed by atoms with Crippen LogP contribution in [0.25, 0.3) is 0 Å². The summed E-state index contributed by atoms with van der Waals surface area (Å²) >= 11 is 0. The van der Waals surface area contributed by atoms with Crippen LogP contribution in [-0.4, -0.2) is 23.5 Å². The minimum atomic E-state index is -0.901. The summed E-state index contributed by atoms with van der Waals surface area (Å²) in [5, 5.41) is 20.2. The number of nitrogens with one attached hydrogen (secondary N) is 1. The zero-order valence-electron chi connectivity index (χ0n) is 10.7. The average molecular weight is 260 g/mol. The maximum Gasteiger partial charge on any atom is 0.308 e. The molecule has 5 nitrogen and oxygen atoms in total. The van der Waals surface area contributed by atoms with Crippen LogP contribution in [0, 0.1) is 17.2 Å². The quantitative estimate of drug-likeness (QED) is 0.815. The molecular weight excluding hydrogens is 244 g/mol. The van der Waals surface area contributed by atoms with Gasteiger partial charge in [-0.2, -0.15) is 5.26 Å². The highest BCUT2D eigenvalue weighted by Gasteiger charge is 2.17. The summed E-state index contributed by atoms with van der Waals surface area (Å²) in [6, 6.07) is 8.16. The molecule has 1 aromatic carbocycles. The first-order valence-electron chi connectivity index (χ1n) is 6.09. The van der Waals surface area contributed by atoms with Crippen molar-refractivity contribution in [1.29, 1.82) is 5.26 Å². The number of carbonyl (C=O) groups excluding carboxylic acids is 1. The number of rotatable bonds is 6. The first kappa shape index (κ1) is 14.7. The van der Waals surface area contributed by atoms with E-state index in [1.54, 1.807) is 24.3 Å². The van der Waals surface area contributed by atoms with Crippen LogP contribution in [0.5, 0.6) is 0 Å². The van der Waals surface area contributed by atoms with Crippen LogP contribution < -0.4 is 5.32 Å². The van der Waals surface area contributed by atoms with E-state index in [0.717, 1.165) is 6.42 Å². The smallest absolute Gasteiger partial charge is 0.308 e. The van der Waals surface area contributed by atoms with Gasteiger partial charge in [-0.25, -0.2) is 0 Å². The van der Waals surface area contributed by atoms with Crippen molar-refractivity contribution in [2.75, 3.05) is 6.54 Å². The molecule has 19 heavy (non-hydrogen) atoms. The first-order valence-corrected chi connectivity index (χ1v) is 6.09.